The van der Waals surface area contributed by atoms with Crippen molar-refractivity contribution in [1.82, 2.24) is 0 Å². The second-order valence-electron chi connectivity index (χ2n) is 10.8. The van der Waals surface area contributed by atoms with E-state index in [4.69, 9.17) is 0 Å². The van der Waals surface area contributed by atoms with Gasteiger partial charge in [0, 0.05) is 23.8 Å². The second kappa shape index (κ2) is 13.7. The van der Waals surface area contributed by atoms with Crippen molar-refractivity contribution < 1.29 is 85.1 Å². The van der Waals surface area contributed by atoms with Crippen molar-refractivity contribution in [3.63, 3.8) is 0 Å². The van der Waals surface area contributed by atoms with Crippen LogP contribution in [0.15, 0.2) is 46.5 Å². The molecule has 0 spiro atoms. The summed E-state index contributed by atoms with van der Waals surface area (Å²) in [5.74, 6) is -0.183. The average Bonchev–Trinajstić information content (AvgIpc) is 3.25. The standard InChI is InChI=1S/C27H38N2O6S2.2Na/c1-16(2)22-11-20(36(30,31)32)12-23(17(3)4)26(22)28-9-10-29(15-28)27-24(18(5)6)13-21(37(33,34)35)14-25(27)19(7)8;;/h9-14,16-19H,15H2,1-8H3,(H,30,31,32)(H,33,34,35);;/q;2*+1/p-2. The zero-order valence-corrected chi connectivity index (χ0v) is 30.3. The van der Waals surface area contributed by atoms with Crippen LogP contribution in [0.4, 0.5) is 11.4 Å². The third-order valence-corrected chi connectivity index (χ3v) is 8.28. The van der Waals surface area contributed by atoms with Gasteiger partial charge in [-0.1, -0.05) is 55.4 Å². The molecular formula is C27H36N2Na2O6S2. The predicted molar refractivity (Wildman–Crippen MR) is 144 cm³/mol. The van der Waals surface area contributed by atoms with Crippen molar-refractivity contribution in [1.29, 1.82) is 0 Å². The molecule has 0 aliphatic carbocycles. The number of nitrogens with zero attached hydrogens (tertiary/aromatic N) is 2. The Balaban J connectivity index is 0.00000380. The Kier molecular flexibility index (Phi) is 12.9. The summed E-state index contributed by atoms with van der Waals surface area (Å²) in [4.78, 5) is 3.58. The molecular weight excluding hydrogens is 558 g/mol. The first-order valence-corrected chi connectivity index (χ1v) is 15.2. The maximum atomic E-state index is 11.9. The largest absolute Gasteiger partial charge is 1.00 e. The summed E-state index contributed by atoms with van der Waals surface area (Å²) in [6.45, 7) is 16.0. The Morgan fingerprint density at radius 1 is 0.564 bits per heavy atom. The molecule has 0 radical (unpaired) electrons. The van der Waals surface area contributed by atoms with Crippen LogP contribution < -0.4 is 68.9 Å². The molecule has 0 atom stereocenters. The molecule has 1 aliphatic heterocycles. The minimum atomic E-state index is -4.63. The topological polar surface area (TPSA) is 121 Å². The number of anilines is 2. The fourth-order valence-electron chi connectivity index (χ4n) is 4.73. The molecule has 0 amide bonds. The summed E-state index contributed by atoms with van der Waals surface area (Å²) in [5.41, 5.74) is 4.74. The summed E-state index contributed by atoms with van der Waals surface area (Å²) in [7, 11) is -9.25. The van der Waals surface area contributed by atoms with Gasteiger partial charge in [-0.2, -0.15) is 0 Å². The van der Waals surface area contributed by atoms with Crippen LogP contribution in [0.1, 0.15) is 101 Å². The molecule has 0 fully saturated rings. The molecule has 0 saturated carbocycles. The molecule has 39 heavy (non-hydrogen) atoms. The monoisotopic (exact) mass is 594 g/mol. The van der Waals surface area contributed by atoms with Crippen LogP contribution in [0.25, 0.3) is 0 Å². The average molecular weight is 595 g/mol. The van der Waals surface area contributed by atoms with Gasteiger partial charge < -0.3 is 18.9 Å². The van der Waals surface area contributed by atoms with Gasteiger partial charge in [0.1, 0.15) is 20.2 Å². The van der Waals surface area contributed by atoms with Crippen molar-refractivity contribution in [3.05, 3.63) is 58.9 Å². The quantitative estimate of drug-likeness (QED) is 0.303. The van der Waals surface area contributed by atoms with Gasteiger partial charge in [0.2, 0.25) is 0 Å². The zero-order valence-electron chi connectivity index (χ0n) is 24.6. The molecule has 3 rings (SSSR count). The van der Waals surface area contributed by atoms with Gasteiger partial charge in [0.15, 0.2) is 0 Å². The van der Waals surface area contributed by atoms with Gasteiger partial charge in [-0.05, 0) is 70.2 Å². The molecule has 0 aromatic heterocycles. The van der Waals surface area contributed by atoms with E-state index < -0.39 is 20.2 Å². The van der Waals surface area contributed by atoms with Gasteiger partial charge in [-0.15, -0.1) is 0 Å². The van der Waals surface area contributed by atoms with Gasteiger partial charge in [0.05, 0.1) is 16.5 Å². The third kappa shape index (κ3) is 8.12. The van der Waals surface area contributed by atoms with E-state index in [1.54, 1.807) is 0 Å². The Hall–Kier alpha value is -0.400. The zero-order chi connectivity index (χ0) is 28.0. The van der Waals surface area contributed by atoms with Crippen LogP contribution >= 0.6 is 0 Å². The molecule has 1 aliphatic rings. The Morgan fingerprint density at radius 2 is 0.795 bits per heavy atom. The summed E-state index contributed by atoms with van der Waals surface area (Å²) < 4.78 is 71.4. The van der Waals surface area contributed by atoms with Crippen LogP contribution in [0.2, 0.25) is 0 Å². The Bertz CT molecular complexity index is 1270. The predicted octanol–water partition coefficient (Wildman–Crippen LogP) is -0.248. The molecule has 0 bridgehead atoms. The van der Waals surface area contributed by atoms with E-state index in [9.17, 15) is 25.9 Å². The van der Waals surface area contributed by atoms with Crippen molar-refractivity contribution >= 4 is 31.6 Å². The Morgan fingerprint density at radius 3 is 0.974 bits per heavy atom. The normalized spacial score (nSPS) is 14.0. The van der Waals surface area contributed by atoms with Crippen LogP contribution in [0.3, 0.4) is 0 Å². The first kappa shape index (κ1) is 36.6. The summed E-state index contributed by atoms with van der Waals surface area (Å²) in [6.07, 6.45) is 3.82. The van der Waals surface area contributed by atoms with Crippen LogP contribution in [0.5, 0.6) is 0 Å². The molecule has 0 unspecified atom stereocenters. The second-order valence-corrected chi connectivity index (χ2v) is 13.6. The van der Waals surface area contributed by atoms with E-state index >= 15 is 0 Å². The van der Waals surface area contributed by atoms with Crippen molar-refractivity contribution in [3.8, 4) is 0 Å². The maximum absolute atomic E-state index is 11.9. The molecule has 2 aromatic carbocycles. The van der Waals surface area contributed by atoms with Gasteiger partial charge >= 0.3 is 59.1 Å². The molecule has 12 heteroatoms. The molecule has 0 N–H and O–H groups in total. The molecule has 8 nitrogen and oxygen atoms in total. The number of hydrogen-bond acceptors (Lipinski definition) is 8. The van der Waals surface area contributed by atoms with Gasteiger partial charge in [0.25, 0.3) is 0 Å². The van der Waals surface area contributed by atoms with E-state index in [2.05, 4.69) is 0 Å². The fourth-order valence-corrected chi connectivity index (χ4v) is 5.81. The molecule has 2 aromatic rings. The smallest absolute Gasteiger partial charge is 0.744 e. The summed E-state index contributed by atoms with van der Waals surface area (Å²) in [5, 5.41) is 0. The van der Waals surface area contributed by atoms with E-state index in [1.807, 2.05) is 77.6 Å². The number of hydrogen-bond donors (Lipinski definition) is 0. The third-order valence-electron chi connectivity index (χ3n) is 6.66. The number of benzene rings is 2. The number of rotatable bonds is 8. The van der Waals surface area contributed by atoms with Gasteiger partial charge in [-0.3, -0.25) is 0 Å². The first-order chi connectivity index (χ1) is 16.9. The van der Waals surface area contributed by atoms with E-state index in [1.165, 1.54) is 24.3 Å². The minimum absolute atomic E-state index is 0. The molecule has 1 heterocycles. The van der Waals surface area contributed by atoms with Crippen molar-refractivity contribution in [2.75, 3.05) is 16.5 Å². The Labute approximate surface area is 278 Å². The minimum Gasteiger partial charge on any atom is -0.744 e. The summed E-state index contributed by atoms with van der Waals surface area (Å²) in [6, 6.07) is 5.88. The summed E-state index contributed by atoms with van der Waals surface area (Å²) >= 11 is 0. The van der Waals surface area contributed by atoms with E-state index in [0.717, 1.165) is 33.6 Å². The van der Waals surface area contributed by atoms with Crippen LogP contribution in [-0.4, -0.2) is 32.6 Å². The fraction of sp³-hybridized carbons (Fsp3) is 0.481. The van der Waals surface area contributed by atoms with Crippen LogP contribution in [-0.2, 0) is 20.2 Å². The van der Waals surface area contributed by atoms with Crippen molar-refractivity contribution in [2.45, 2.75) is 88.9 Å². The first-order valence-electron chi connectivity index (χ1n) is 12.4. The van der Waals surface area contributed by atoms with E-state index in [0.29, 0.717) is 6.67 Å². The van der Waals surface area contributed by atoms with Crippen LogP contribution in [0, 0.1) is 0 Å². The maximum Gasteiger partial charge on any atom is 1.00 e. The molecule has 204 valence electrons. The van der Waals surface area contributed by atoms with Gasteiger partial charge in [-0.25, -0.2) is 16.8 Å². The van der Waals surface area contributed by atoms with Crippen molar-refractivity contribution in [2.24, 2.45) is 0 Å². The SMILES string of the molecule is CC(C)c1cc(S(=O)(=O)[O-])cc(C(C)C)c1N1C=CN(c2c(C(C)C)cc(S(=O)(=O)[O-])cc2C(C)C)C1.[Na+].[Na+]. The van der Waals surface area contributed by atoms with E-state index in [-0.39, 0.29) is 92.6 Å². The molecule has 0 saturated heterocycles.